The van der Waals surface area contributed by atoms with E-state index in [-0.39, 0.29) is 0 Å². The average Bonchev–Trinajstić information content (AvgIpc) is 2.08. The predicted molar refractivity (Wildman–Crippen MR) is 59.6 cm³/mol. The minimum atomic E-state index is 0.623. The van der Waals surface area contributed by atoms with Crippen molar-refractivity contribution in [2.45, 2.75) is 33.6 Å². The number of hydrogen-bond donors (Lipinski definition) is 0. The van der Waals surface area contributed by atoms with Gasteiger partial charge >= 0.3 is 0 Å². The maximum absolute atomic E-state index is 3.43. The summed E-state index contributed by atoms with van der Waals surface area (Å²) in [5, 5.41) is 0. The Morgan fingerprint density at radius 1 is 1.17 bits per heavy atom. The molecule has 0 aliphatic carbocycles. The molecule has 0 aliphatic heterocycles. The van der Waals surface area contributed by atoms with E-state index in [1.165, 1.54) is 10.0 Å². The maximum Gasteiger partial charge on any atom is 0.0178 e. The first-order valence-electron chi connectivity index (χ1n) is 4.45. The summed E-state index contributed by atoms with van der Waals surface area (Å²) in [7, 11) is 0. The molecule has 0 N–H and O–H groups in total. The van der Waals surface area contributed by atoms with Crippen molar-refractivity contribution in [3.63, 3.8) is 0 Å². The van der Waals surface area contributed by atoms with Crippen LogP contribution < -0.4 is 0 Å². The van der Waals surface area contributed by atoms with Crippen LogP contribution in [0.4, 0.5) is 0 Å². The van der Waals surface area contributed by atoms with E-state index < -0.39 is 0 Å². The molecule has 1 aromatic carbocycles. The molecule has 1 rings (SSSR count). The second kappa shape index (κ2) is 6.24. The van der Waals surface area contributed by atoms with Gasteiger partial charge in [-0.25, -0.2) is 0 Å². The van der Waals surface area contributed by atoms with E-state index in [0.717, 1.165) is 0 Å². The lowest BCUT2D eigenvalue weighted by molar-refractivity contribution is 0.866. The van der Waals surface area contributed by atoms with Crippen molar-refractivity contribution in [1.29, 1.82) is 0 Å². The zero-order chi connectivity index (χ0) is 9.56. The molecule has 0 saturated heterocycles. The van der Waals surface area contributed by atoms with Gasteiger partial charge in [-0.2, -0.15) is 0 Å². The Morgan fingerprint density at radius 2 is 1.75 bits per heavy atom. The molecule has 1 aromatic rings. The highest BCUT2D eigenvalue weighted by Crippen LogP contribution is 2.18. The van der Waals surface area contributed by atoms with Crippen LogP contribution in [0.2, 0.25) is 0 Å². The monoisotopic (exact) mass is 228 g/mol. The molecular weight excluding hydrogens is 212 g/mol. The third kappa shape index (κ3) is 3.91. The van der Waals surface area contributed by atoms with E-state index in [0.29, 0.717) is 5.92 Å². The summed E-state index contributed by atoms with van der Waals surface area (Å²) >= 11 is 3.43. The lowest BCUT2D eigenvalue weighted by Crippen LogP contribution is -1.84. The third-order valence-corrected chi connectivity index (χ3v) is 2.01. The van der Waals surface area contributed by atoms with Crippen molar-refractivity contribution in [1.82, 2.24) is 0 Å². The second-order valence-electron chi connectivity index (χ2n) is 2.71. The maximum atomic E-state index is 3.43. The van der Waals surface area contributed by atoms with Gasteiger partial charge in [0.25, 0.3) is 0 Å². The molecule has 0 aromatic heterocycles. The standard InChI is InChI=1S/C9H11Br.C2H6/c1-7(2)8-4-3-5-9(10)6-8;1-2/h3-7H,1-2H3;1-2H3. The van der Waals surface area contributed by atoms with E-state index in [1.54, 1.807) is 0 Å². The number of benzene rings is 1. The molecule has 0 radical (unpaired) electrons. The summed E-state index contributed by atoms with van der Waals surface area (Å²) in [6.07, 6.45) is 0. The van der Waals surface area contributed by atoms with Gasteiger partial charge in [-0.1, -0.05) is 55.8 Å². The fourth-order valence-corrected chi connectivity index (χ4v) is 1.28. The van der Waals surface area contributed by atoms with Crippen LogP contribution >= 0.6 is 15.9 Å². The summed E-state index contributed by atoms with van der Waals surface area (Å²) in [6.45, 7) is 8.39. The quantitative estimate of drug-likeness (QED) is 0.660. The molecule has 68 valence electrons. The molecule has 0 heterocycles. The average molecular weight is 229 g/mol. The lowest BCUT2D eigenvalue weighted by Gasteiger charge is -2.03. The molecule has 0 fully saturated rings. The summed E-state index contributed by atoms with van der Waals surface area (Å²) in [6, 6.07) is 8.42. The third-order valence-electron chi connectivity index (χ3n) is 1.52. The van der Waals surface area contributed by atoms with Crippen LogP contribution in [0, 0.1) is 0 Å². The van der Waals surface area contributed by atoms with Gasteiger partial charge in [0, 0.05) is 4.47 Å². The van der Waals surface area contributed by atoms with Crippen LogP contribution in [-0.4, -0.2) is 0 Å². The van der Waals surface area contributed by atoms with Crippen LogP contribution in [-0.2, 0) is 0 Å². The fraction of sp³-hybridized carbons (Fsp3) is 0.455. The minimum absolute atomic E-state index is 0.623. The normalized spacial score (nSPS) is 9.17. The van der Waals surface area contributed by atoms with Gasteiger partial charge in [-0.05, 0) is 23.6 Å². The molecule has 0 aliphatic rings. The van der Waals surface area contributed by atoms with Gasteiger partial charge in [-0.3, -0.25) is 0 Å². The highest BCUT2D eigenvalue weighted by molar-refractivity contribution is 9.10. The van der Waals surface area contributed by atoms with Crippen molar-refractivity contribution < 1.29 is 0 Å². The van der Waals surface area contributed by atoms with Crippen molar-refractivity contribution in [3.8, 4) is 0 Å². The minimum Gasteiger partial charge on any atom is -0.0683 e. The molecule has 0 atom stereocenters. The highest BCUT2D eigenvalue weighted by Gasteiger charge is 1.96. The molecule has 12 heavy (non-hydrogen) atoms. The van der Waals surface area contributed by atoms with Crippen LogP contribution in [0.3, 0.4) is 0 Å². The largest absolute Gasteiger partial charge is 0.0683 e. The first-order chi connectivity index (χ1) is 5.70. The zero-order valence-electron chi connectivity index (χ0n) is 8.26. The van der Waals surface area contributed by atoms with Gasteiger partial charge in [0.2, 0.25) is 0 Å². The lowest BCUT2D eigenvalue weighted by atomic mass is 10.0. The molecule has 0 nitrogen and oxygen atoms in total. The molecule has 0 saturated carbocycles. The topological polar surface area (TPSA) is 0 Å². The number of hydrogen-bond acceptors (Lipinski definition) is 0. The molecular formula is C11H17Br. The second-order valence-corrected chi connectivity index (χ2v) is 3.63. The van der Waals surface area contributed by atoms with Crippen LogP contribution in [0.5, 0.6) is 0 Å². The van der Waals surface area contributed by atoms with Crippen LogP contribution in [0.25, 0.3) is 0 Å². The van der Waals surface area contributed by atoms with E-state index in [9.17, 15) is 0 Å². The number of rotatable bonds is 1. The summed E-state index contributed by atoms with van der Waals surface area (Å²) in [4.78, 5) is 0. The Labute approximate surface area is 84.1 Å². The molecule has 0 spiro atoms. The SMILES string of the molecule is CC.CC(C)c1cccc(Br)c1. The van der Waals surface area contributed by atoms with Crippen LogP contribution in [0.1, 0.15) is 39.2 Å². The van der Waals surface area contributed by atoms with E-state index >= 15 is 0 Å². The Morgan fingerprint density at radius 3 is 2.08 bits per heavy atom. The van der Waals surface area contributed by atoms with Crippen molar-refractivity contribution in [3.05, 3.63) is 34.3 Å². The van der Waals surface area contributed by atoms with Crippen molar-refractivity contribution >= 4 is 15.9 Å². The summed E-state index contributed by atoms with van der Waals surface area (Å²) < 4.78 is 1.17. The van der Waals surface area contributed by atoms with Crippen molar-refractivity contribution in [2.24, 2.45) is 0 Å². The Hall–Kier alpha value is -0.300. The summed E-state index contributed by atoms with van der Waals surface area (Å²) in [5.74, 6) is 0.623. The van der Waals surface area contributed by atoms with E-state index in [4.69, 9.17) is 0 Å². The van der Waals surface area contributed by atoms with Gasteiger partial charge in [0.1, 0.15) is 0 Å². The smallest absolute Gasteiger partial charge is 0.0178 e. The Balaban J connectivity index is 0.000000561. The van der Waals surface area contributed by atoms with Gasteiger partial charge in [-0.15, -0.1) is 0 Å². The first kappa shape index (κ1) is 11.7. The molecule has 0 amide bonds. The Kier molecular flexibility index (Phi) is 6.09. The van der Waals surface area contributed by atoms with E-state index in [1.807, 2.05) is 19.9 Å². The Bertz CT molecular complexity index is 216. The van der Waals surface area contributed by atoms with Gasteiger partial charge in [0.05, 0.1) is 0 Å². The van der Waals surface area contributed by atoms with Crippen molar-refractivity contribution in [2.75, 3.05) is 0 Å². The first-order valence-corrected chi connectivity index (χ1v) is 5.25. The zero-order valence-corrected chi connectivity index (χ0v) is 9.85. The van der Waals surface area contributed by atoms with E-state index in [2.05, 4.69) is 48.0 Å². The number of halogens is 1. The van der Waals surface area contributed by atoms with Gasteiger partial charge < -0.3 is 0 Å². The van der Waals surface area contributed by atoms with Crippen LogP contribution in [0.15, 0.2) is 28.7 Å². The fourth-order valence-electron chi connectivity index (χ4n) is 0.866. The molecule has 1 heteroatoms. The molecule has 0 bridgehead atoms. The molecule has 0 unspecified atom stereocenters. The predicted octanol–water partition coefficient (Wildman–Crippen LogP) is 4.60. The highest BCUT2D eigenvalue weighted by atomic mass is 79.9. The summed E-state index contributed by atoms with van der Waals surface area (Å²) in [5.41, 5.74) is 1.38. The van der Waals surface area contributed by atoms with Gasteiger partial charge in [0.15, 0.2) is 0 Å².